The molecule has 0 radical (unpaired) electrons. The topological polar surface area (TPSA) is 58.3 Å². The Morgan fingerprint density at radius 3 is 2.94 bits per heavy atom. The summed E-state index contributed by atoms with van der Waals surface area (Å²) in [5, 5.41) is 0. The molecule has 1 aliphatic heterocycles. The third-order valence-electron chi connectivity index (χ3n) is 3.21. The van der Waals surface area contributed by atoms with Crippen LogP contribution in [0.25, 0.3) is 0 Å². The predicted molar refractivity (Wildman–Crippen MR) is 76.7 cm³/mol. The van der Waals surface area contributed by atoms with Gasteiger partial charge in [-0.15, -0.1) is 0 Å². The van der Waals surface area contributed by atoms with E-state index in [4.69, 9.17) is 5.73 Å². The van der Waals surface area contributed by atoms with Crippen molar-refractivity contribution in [2.75, 3.05) is 44.2 Å². The second kappa shape index (κ2) is 7.01. The van der Waals surface area contributed by atoms with Crippen LogP contribution in [0.4, 0.5) is 5.82 Å². The Kier molecular flexibility index (Phi) is 5.34. The maximum atomic E-state index is 5.56. The van der Waals surface area contributed by atoms with Crippen LogP contribution in [0.5, 0.6) is 0 Å². The van der Waals surface area contributed by atoms with Gasteiger partial charge in [0.05, 0.1) is 4.47 Å². The van der Waals surface area contributed by atoms with Crippen LogP contribution in [0.1, 0.15) is 12.8 Å². The summed E-state index contributed by atoms with van der Waals surface area (Å²) >= 11 is 3.52. The van der Waals surface area contributed by atoms with Crippen molar-refractivity contribution in [3.05, 3.63) is 17.0 Å². The molecule has 1 aromatic rings. The summed E-state index contributed by atoms with van der Waals surface area (Å²) in [6, 6.07) is 0. The van der Waals surface area contributed by atoms with Crippen LogP contribution in [0, 0.1) is 0 Å². The molecule has 0 unspecified atom stereocenters. The molecule has 18 heavy (non-hydrogen) atoms. The van der Waals surface area contributed by atoms with E-state index in [1.54, 1.807) is 12.5 Å². The van der Waals surface area contributed by atoms with E-state index in [9.17, 15) is 0 Å². The number of hydrogen-bond donors (Lipinski definition) is 1. The summed E-state index contributed by atoms with van der Waals surface area (Å²) in [4.78, 5) is 13.2. The summed E-state index contributed by atoms with van der Waals surface area (Å²) in [5.74, 6) is 1.01. The number of anilines is 1. The van der Waals surface area contributed by atoms with Crippen LogP contribution >= 0.6 is 15.9 Å². The fraction of sp³-hybridized carbons (Fsp3) is 0.667. The van der Waals surface area contributed by atoms with Gasteiger partial charge in [0.15, 0.2) is 0 Å². The molecule has 5 nitrogen and oxygen atoms in total. The molecule has 6 heteroatoms. The zero-order valence-electron chi connectivity index (χ0n) is 10.6. The van der Waals surface area contributed by atoms with Crippen LogP contribution < -0.4 is 10.6 Å². The van der Waals surface area contributed by atoms with Gasteiger partial charge in [-0.3, -0.25) is 0 Å². The van der Waals surface area contributed by atoms with E-state index in [0.29, 0.717) is 0 Å². The average molecular weight is 314 g/mol. The molecule has 0 spiro atoms. The molecule has 2 rings (SSSR count). The molecule has 0 amide bonds. The summed E-state index contributed by atoms with van der Waals surface area (Å²) in [6.07, 6.45) is 5.66. The minimum atomic E-state index is 0.775. The zero-order chi connectivity index (χ0) is 12.8. The Labute approximate surface area is 117 Å². The Hall–Kier alpha value is -0.720. The minimum Gasteiger partial charge on any atom is -0.354 e. The highest BCUT2D eigenvalue weighted by Gasteiger charge is 2.17. The molecule has 0 aromatic carbocycles. The minimum absolute atomic E-state index is 0.775. The predicted octanol–water partition coefficient (Wildman–Crippen LogP) is 1.10. The first-order valence-electron chi connectivity index (χ1n) is 6.44. The summed E-state index contributed by atoms with van der Waals surface area (Å²) in [6.45, 7) is 6.18. The van der Waals surface area contributed by atoms with Crippen LogP contribution in [0.2, 0.25) is 0 Å². The number of rotatable bonds is 4. The van der Waals surface area contributed by atoms with E-state index >= 15 is 0 Å². The molecule has 1 aliphatic rings. The standard InChI is InChI=1S/C12H20BrN5/c13-11-9-15-10-16-12(11)18-6-2-5-17(7-8-18)4-1-3-14/h9-10H,1-8,14H2. The molecular formula is C12H20BrN5. The monoisotopic (exact) mass is 313 g/mol. The van der Waals surface area contributed by atoms with Gasteiger partial charge in [0, 0.05) is 25.8 Å². The van der Waals surface area contributed by atoms with Crippen molar-refractivity contribution in [3.8, 4) is 0 Å². The first kappa shape index (κ1) is 13.7. The van der Waals surface area contributed by atoms with Crippen LogP contribution in [-0.4, -0.2) is 54.1 Å². The molecule has 0 aliphatic carbocycles. The van der Waals surface area contributed by atoms with Crippen molar-refractivity contribution < 1.29 is 0 Å². The van der Waals surface area contributed by atoms with Gasteiger partial charge in [0.25, 0.3) is 0 Å². The normalized spacial score (nSPS) is 17.8. The molecular weight excluding hydrogens is 294 g/mol. The summed E-state index contributed by atoms with van der Waals surface area (Å²) in [7, 11) is 0. The Bertz CT molecular complexity index is 373. The van der Waals surface area contributed by atoms with Crippen LogP contribution in [-0.2, 0) is 0 Å². The van der Waals surface area contributed by atoms with Crippen molar-refractivity contribution in [2.24, 2.45) is 5.73 Å². The number of nitrogens with two attached hydrogens (primary N) is 1. The lowest BCUT2D eigenvalue weighted by atomic mass is 10.3. The molecule has 0 bridgehead atoms. The summed E-state index contributed by atoms with van der Waals surface area (Å²) in [5.41, 5.74) is 5.56. The maximum absolute atomic E-state index is 5.56. The Balaban J connectivity index is 1.95. The van der Waals surface area contributed by atoms with Crippen LogP contribution in [0.3, 0.4) is 0 Å². The molecule has 100 valence electrons. The molecule has 0 saturated carbocycles. The third kappa shape index (κ3) is 3.63. The molecule has 2 heterocycles. The smallest absolute Gasteiger partial charge is 0.146 e. The first-order chi connectivity index (χ1) is 8.81. The zero-order valence-corrected chi connectivity index (χ0v) is 12.1. The van der Waals surface area contributed by atoms with Gasteiger partial charge in [0.2, 0.25) is 0 Å². The van der Waals surface area contributed by atoms with Crippen LogP contribution in [0.15, 0.2) is 17.0 Å². The van der Waals surface area contributed by atoms with Gasteiger partial charge in [-0.25, -0.2) is 9.97 Å². The van der Waals surface area contributed by atoms with Gasteiger partial charge in [0.1, 0.15) is 12.1 Å². The van der Waals surface area contributed by atoms with Crippen molar-refractivity contribution >= 4 is 21.7 Å². The molecule has 1 aromatic heterocycles. The Morgan fingerprint density at radius 1 is 1.28 bits per heavy atom. The number of nitrogens with zero attached hydrogens (tertiary/aromatic N) is 4. The second-order valence-corrected chi connectivity index (χ2v) is 5.37. The SMILES string of the molecule is NCCCN1CCCN(c2ncncc2Br)CC1. The maximum Gasteiger partial charge on any atom is 0.146 e. The van der Waals surface area contributed by atoms with Gasteiger partial charge >= 0.3 is 0 Å². The van der Waals surface area contributed by atoms with Gasteiger partial charge < -0.3 is 15.5 Å². The third-order valence-corrected chi connectivity index (χ3v) is 3.77. The van der Waals surface area contributed by atoms with E-state index < -0.39 is 0 Å². The molecule has 0 atom stereocenters. The van der Waals surface area contributed by atoms with Gasteiger partial charge in [-0.1, -0.05) is 0 Å². The summed E-state index contributed by atoms with van der Waals surface area (Å²) < 4.78 is 0.973. The van der Waals surface area contributed by atoms with E-state index in [1.807, 2.05) is 0 Å². The first-order valence-corrected chi connectivity index (χ1v) is 7.23. The van der Waals surface area contributed by atoms with Crippen molar-refractivity contribution in [1.29, 1.82) is 0 Å². The molecule has 1 saturated heterocycles. The van der Waals surface area contributed by atoms with E-state index in [1.165, 1.54) is 6.42 Å². The highest BCUT2D eigenvalue weighted by molar-refractivity contribution is 9.10. The van der Waals surface area contributed by atoms with Crippen molar-refractivity contribution in [1.82, 2.24) is 14.9 Å². The van der Waals surface area contributed by atoms with Crippen molar-refractivity contribution in [3.63, 3.8) is 0 Å². The number of aromatic nitrogens is 2. The fourth-order valence-electron chi connectivity index (χ4n) is 2.26. The lowest BCUT2D eigenvalue weighted by molar-refractivity contribution is 0.291. The fourth-order valence-corrected chi connectivity index (χ4v) is 2.73. The van der Waals surface area contributed by atoms with Gasteiger partial charge in [-0.05, 0) is 48.4 Å². The van der Waals surface area contributed by atoms with E-state index in [2.05, 4.69) is 35.7 Å². The largest absolute Gasteiger partial charge is 0.354 e. The second-order valence-electron chi connectivity index (χ2n) is 4.52. The van der Waals surface area contributed by atoms with E-state index in [-0.39, 0.29) is 0 Å². The lowest BCUT2D eigenvalue weighted by Gasteiger charge is -2.23. The van der Waals surface area contributed by atoms with E-state index in [0.717, 1.165) is 56.0 Å². The number of hydrogen-bond acceptors (Lipinski definition) is 5. The quantitative estimate of drug-likeness (QED) is 0.902. The van der Waals surface area contributed by atoms with Crippen molar-refractivity contribution in [2.45, 2.75) is 12.8 Å². The van der Waals surface area contributed by atoms with Gasteiger partial charge in [-0.2, -0.15) is 0 Å². The number of halogens is 1. The molecule has 1 fully saturated rings. The lowest BCUT2D eigenvalue weighted by Crippen LogP contribution is -2.32. The highest BCUT2D eigenvalue weighted by atomic mass is 79.9. The highest BCUT2D eigenvalue weighted by Crippen LogP contribution is 2.22. The average Bonchev–Trinajstić information content (AvgIpc) is 2.62. The Morgan fingerprint density at radius 2 is 2.17 bits per heavy atom. The molecule has 2 N–H and O–H groups in total.